The number of nitrogens with zero attached hydrogens (tertiary/aromatic N) is 1. The zero-order valence-corrected chi connectivity index (χ0v) is 14.5. The van der Waals surface area contributed by atoms with Crippen molar-refractivity contribution in [2.24, 2.45) is 0 Å². The van der Waals surface area contributed by atoms with Crippen LogP contribution < -0.4 is 10.2 Å². The van der Waals surface area contributed by atoms with Crippen molar-refractivity contribution >= 4 is 28.8 Å². The van der Waals surface area contributed by atoms with E-state index in [9.17, 15) is 18.4 Å². The van der Waals surface area contributed by atoms with Gasteiger partial charge in [0.2, 0.25) is 0 Å². The van der Waals surface area contributed by atoms with Crippen LogP contribution in [0, 0.1) is 11.6 Å². The number of imide groups is 1. The fourth-order valence-electron chi connectivity index (χ4n) is 3.05. The Labute approximate surface area is 159 Å². The average molecular weight is 376 g/mol. The summed E-state index contributed by atoms with van der Waals surface area (Å²) in [6, 6.07) is 19.4. The minimum absolute atomic E-state index is 0.0482. The van der Waals surface area contributed by atoms with Crippen molar-refractivity contribution in [3.63, 3.8) is 0 Å². The molecular weight excluding hydrogens is 362 g/mol. The highest BCUT2D eigenvalue weighted by Crippen LogP contribution is 2.33. The van der Waals surface area contributed by atoms with Gasteiger partial charge >= 0.3 is 0 Å². The molecule has 0 aromatic heterocycles. The highest BCUT2D eigenvalue weighted by atomic mass is 19.1. The number of rotatable bonds is 4. The molecule has 0 aliphatic carbocycles. The third-order valence-electron chi connectivity index (χ3n) is 4.33. The van der Waals surface area contributed by atoms with Crippen LogP contribution in [0.4, 0.5) is 20.2 Å². The molecule has 0 atom stereocenters. The second-order valence-electron chi connectivity index (χ2n) is 6.17. The first-order chi connectivity index (χ1) is 13.5. The molecule has 1 heterocycles. The van der Waals surface area contributed by atoms with Gasteiger partial charge in [-0.05, 0) is 48.0 Å². The van der Waals surface area contributed by atoms with E-state index in [2.05, 4.69) is 5.32 Å². The monoisotopic (exact) mass is 376 g/mol. The summed E-state index contributed by atoms with van der Waals surface area (Å²) in [6.07, 6.45) is 0. The van der Waals surface area contributed by atoms with Gasteiger partial charge in [0.25, 0.3) is 11.8 Å². The fourth-order valence-corrected chi connectivity index (χ4v) is 3.05. The van der Waals surface area contributed by atoms with E-state index in [1.54, 1.807) is 30.3 Å². The van der Waals surface area contributed by atoms with Crippen molar-refractivity contribution in [3.05, 3.63) is 102 Å². The molecule has 28 heavy (non-hydrogen) atoms. The van der Waals surface area contributed by atoms with Crippen molar-refractivity contribution in [2.75, 3.05) is 10.2 Å². The summed E-state index contributed by atoms with van der Waals surface area (Å²) in [5, 5.41) is 2.92. The lowest BCUT2D eigenvalue weighted by Gasteiger charge is -2.15. The predicted octanol–water partition coefficient (Wildman–Crippen LogP) is 4.36. The Morgan fingerprint density at radius 2 is 1.43 bits per heavy atom. The van der Waals surface area contributed by atoms with Crippen LogP contribution >= 0.6 is 0 Å². The molecule has 1 aliphatic heterocycles. The number of halogens is 2. The summed E-state index contributed by atoms with van der Waals surface area (Å²) < 4.78 is 26.9. The summed E-state index contributed by atoms with van der Waals surface area (Å²) in [5.74, 6) is -2.15. The highest BCUT2D eigenvalue weighted by molar-refractivity contribution is 6.46. The fraction of sp³-hybridized carbons (Fsp3) is 0. The van der Waals surface area contributed by atoms with E-state index in [1.807, 2.05) is 0 Å². The van der Waals surface area contributed by atoms with Crippen LogP contribution in [0.1, 0.15) is 5.56 Å². The molecule has 0 radical (unpaired) electrons. The molecule has 0 bridgehead atoms. The van der Waals surface area contributed by atoms with Gasteiger partial charge < -0.3 is 5.32 Å². The smallest absolute Gasteiger partial charge is 0.282 e. The van der Waals surface area contributed by atoms with E-state index in [4.69, 9.17) is 0 Å². The van der Waals surface area contributed by atoms with Crippen LogP contribution in [-0.4, -0.2) is 11.8 Å². The molecule has 138 valence electrons. The lowest BCUT2D eigenvalue weighted by molar-refractivity contribution is -0.120. The van der Waals surface area contributed by atoms with E-state index in [-0.39, 0.29) is 17.0 Å². The molecule has 3 aromatic carbocycles. The van der Waals surface area contributed by atoms with Crippen molar-refractivity contribution in [1.29, 1.82) is 0 Å². The van der Waals surface area contributed by atoms with Gasteiger partial charge in [-0.25, -0.2) is 13.7 Å². The molecule has 0 fully saturated rings. The van der Waals surface area contributed by atoms with Crippen molar-refractivity contribution in [3.8, 4) is 0 Å². The first kappa shape index (κ1) is 17.6. The minimum Gasteiger partial charge on any atom is -0.350 e. The van der Waals surface area contributed by atoms with Crippen LogP contribution in [0.5, 0.6) is 0 Å². The molecule has 2 amide bonds. The van der Waals surface area contributed by atoms with Crippen molar-refractivity contribution < 1.29 is 18.4 Å². The molecule has 0 saturated carbocycles. The summed E-state index contributed by atoms with van der Waals surface area (Å²) in [7, 11) is 0. The summed E-state index contributed by atoms with van der Waals surface area (Å²) in [4.78, 5) is 27.1. The topological polar surface area (TPSA) is 49.4 Å². The van der Waals surface area contributed by atoms with Gasteiger partial charge in [0, 0.05) is 5.69 Å². The lowest BCUT2D eigenvalue weighted by Crippen LogP contribution is -2.32. The number of hydrogen-bond donors (Lipinski definition) is 1. The van der Waals surface area contributed by atoms with Gasteiger partial charge in [0.1, 0.15) is 17.3 Å². The number of anilines is 2. The quantitative estimate of drug-likeness (QED) is 0.689. The van der Waals surface area contributed by atoms with Crippen LogP contribution in [0.15, 0.2) is 84.6 Å². The number of amides is 2. The molecule has 0 unspecified atom stereocenters. The van der Waals surface area contributed by atoms with Gasteiger partial charge in [-0.2, -0.15) is 0 Å². The summed E-state index contributed by atoms with van der Waals surface area (Å²) in [5.41, 5.74) is 1.35. The van der Waals surface area contributed by atoms with E-state index in [0.29, 0.717) is 11.3 Å². The maximum Gasteiger partial charge on any atom is 0.282 e. The van der Waals surface area contributed by atoms with Crippen LogP contribution in [0.3, 0.4) is 0 Å². The second-order valence-corrected chi connectivity index (χ2v) is 6.17. The second kappa shape index (κ2) is 7.08. The van der Waals surface area contributed by atoms with Crippen LogP contribution in [0.2, 0.25) is 0 Å². The van der Waals surface area contributed by atoms with Gasteiger partial charge in [-0.1, -0.05) is 36.4 Å². The van der Waals surface area contributed by atoms with E-state index >= 15 is 0 Å². The van der Waals surface area contributed by atoms with Crippen molar-refractivity contribution in [1.82, 2.24) is 0 Å². The Morgan fingerprint density at radius 3 is 2.11 bits per heavy atom. The van der Waals surface area contributed by atoms with Crippen molar-refractivity contribution in [2.45, 2.75) is 0 Å². The standard InChI is InChI=1S/C22H14F2N2O2/c23-15-9-11-17(12-10-15)25-20-19(14-5-2-1-3-6-14)21(27)26(22(20)28)18-8-4-7-16(24)13-18/h1-13,25H. The average Bonchev–Trinajstić information content (AvgIpc) is 2.94. The summed E-state index contributed by atoms with van der Waals surface area (Å²) >= 11 is 0. The number of nitrogens with one attached hydrogen (secondary N) is 1. The van der Waals surface area contributed by atoms with Gasteiger partial charge in [-0.15, -0.1) is 0 Å². The van der Waals surface area contributed by atoms with Crippen LogP contribution in [0.25, 0.3) is 5.57 Å². The maximum absolute atomic E-state index is 13.7. The van der Waals surface area contributed by atoms with Gasteiger partial charge in [-0.3, -0.25) is 9.59 Å². The maximum atomic E-state index is 13.7. The Bertz CT molecular complexity index is 1090. The zero-order chi connectivity index (χ0) is 19.7. The first-order valence-corrected chi connectivity index (χ1v) is 8.51. The number of benzene rings is 3. The number of carbonyl (C=O) groups is 2. The largest absolute Gasteiger partial charge is 0.350 e. The molecular formula is C22H14F2N2O2. The number of hydrogen-bond acceptors (Lipinski definition) is 3. The molecule has 1 N–H and O–H groups in total. The van der Waals surface area contributed by atoms with E-state index in [1.165, 1.54) is 42.5 Å². The lowest BCUT2D eigenvalue weighted by atomic mass is 10.0. The van der Waals surface area contributed by atoms with Gasteiger partial charge in [0.05, 0.1) is 11.3 Å². The Balaban J connectivity index is 1.81. The third kappa shape index (κ3) is 3.16. The van der Waals surface area contributed by atoms with E-state index < -0.39 is 23.4 Å². The normalized spacial score (nSPS) is 14.0. The molecule has 6 heteroatoms. The van der Waals surface area contributed by atoms with Crippen LogP contribution in [-0.2, 0) is 9.59 Å². The minimum atomic E-state index is -0.612. The first-order valence-electron chi connectivity index (χ1n) is 8.51. The van der Waals surface area contributed by atoms with E-state index in [0.717, 1.165) is 11.0 Å². The Hall–Kier alpha value is -3.80. The molecule has 4 nitrogen and oxygen atoms in total. The molecule has 3 aromatic rings. The Morgan fingerprint density at radius 1 is 0.714 bits per heavy atom. The zero-order valence-electron chi connectivity index (χ0n) is 14.5. The molecule has 0 saturated heterocycles. The molecule has 4 rings (SSSR count). The molecule has 1 aliphatic rings. The summed E-state index contributed by atoms with van der Waals surface area (Å²) in [6.45, 7) is 0. The third-order valence-corrected chi connectivity index (χ3v) is 4.33. The Kier molecular flexibility index (Phi) is 4.45. The highest BCUT2D eigenvalue weighted by Gasteiger charge is 2.40. The SMILES string of the molecule is O=C1C(Nc2ccc(F)cc2)=C(c2ccccc2)C(=O)N1c1cccc(F)c1. The number of carbonyl (C=O) groups excluding carboxylic acids is 2. The van der Waals surface area contributed by atoms with Gasteiger partial charge in [0.15, 0.2) is 0 Å². The molecule has 0 spiro atoms. The predicted molar refractivity (Wildman–Crippen MR) is 102 cm³/mol.